The van der Waals surface area contributed by atoms with Crippen molar-refractivity contribution in [3.05, 3.63) is 83.7 Å². The van der Waals surface area contributed by atoms with Crippen molar-refractivity contribution in [2.75, 3.05) is 18.2 Å². The predicted octanol–water partition coefficient (Wildman–Crippen LogP) is 4.19. The van der Waals surface area contributed by atoms with Gasteiger partial charge < -0.3 is 19.9 Å². The van der Waals surface area contributed by atoms with Crippen LogP contribution in [0.5, 0.6) is 5.75 Å². The number of rotatable bonds is 11. The Kier molecular flexibility index (Phi) is 9.30. The maximum Gasteiger partial charge on any atom is 0.244 e. The molecular formula is C24H24ClN5O3S. The van der Waals surface area contributed by atoms with Crippen LogP contribution < -0.4 is 15.4 Å². The number of halogens is 1. The van der Waals surface area contributed by atoms with Crippen LogP contribution >= 0.6 is 23.4 Å². The number of carbonyl (C=O) groups excluding carboxylic acids is 2. The van der Waals surface area contributed by atoms with Crippen LogP contribution in [0, 0.1) is 0 Å². The summed E-state index contributed by atoms with van der Waals surface area (Å²) >= 11 is 7.34. The largest absolute Gasteiger partial charge is 0.495 e. The summed E-state index contributed by atoms with van der Waals surface area (Å²) in [6.07, 6.45) is 4.76. The molecule has 0 aliphatic rings. The smallest absolute Gasteiger partial charge is 0.244 e. The number of anilines is 1. The Morgan fingerprint density at radius 3 is 2.71 bits per heavy atom. The lowest BCUT2D eigenvalue weighted by Crippen LogP contribution is -2.23. The Morgan fingerprint density at radius 2 is 1.94 bits per heavy atom. The molecule has 3 aromatic rings. The number of carbonyl (C=O) groups is 2. The zero-order chi connectivity index (χ0) is 24.3. The van der Waals surface area contributed by atoms with E-state index in [2.05, 4.69) is 27.4 Å². The number of amides is 2. The molecule has 0 aliphatic carbocycles. The second-order valence-electron chi connectivity index (χ2n) is 6.91. The highest BCUT2D eigenvalue weighted by atomic mass is 35.5. The number of nitrogens with zero attached hydrogens (tertiary/aromatic N) is 3. The Balaban J connectivity index is 1.58. The van der Waals surface area contributed by atoms with Gasteiger partial charge in [-0.15, -0.1) is 16.8 Å². The maximum absolute atomic E-state index is 12.4. The molecule has 0 saturated heterocycles. The Hall–Kier alpha value is -3.56. The highest BCUT2D eigenvalue weighted by molar-refractivity contribution is 7.99. The van der Waals surface area contributed by atoms with Crippen molar-refractivity contribution in [3.8, 4) is 5.75 Å². The monoisotopic (exact) mass is 497 g/mol. The lowest BCUT2D eigenvalue weighted by Gasteiger charge is -2.10. The number of aromatic nitrogens is 3. The van der Waals surface area contributed by atoms with Crippen LogP contribution in [0.4, 0.5) is 5.69 Å². The van der Waals surface area contributed by atoms with Gasteiger partial charge in [-0.2, -0.15) is 0 Å². The molecule has 2 amide bonds. The van der Waals surface area contributed by atoms with Gasteiger partial charge in [0.15, 0.2) is 11.0 Å². The zero-order valence-electron chi connectivity index (χ0n) is 18.5. The lowest BCUT2D eigenvalue weighted by molar-refractivity contribution is -0.116. The summed E-state index contributed by atoms with van der Waals surface area (Å²) in [5.41, 5.74) is 1.34. The summed E-state index contributed by atoms with van der Waals surface area (Å²) in [6, 6.07) is 14.4. The molecule has 0 unspecified atom stereocenters. The summed E-state index contributed by atoms with van der Waals surface area (Å²) in [6.45, 7) is 4.37. The molecule has 10 heteroatoms. The number of ether oxygens (including phenoxy) is 1. The lowest BCUT2D eigenvalue weighted by atomic mass is 10.2. The molecule has 0 radical (unpaired) electrons. The number of para-hydroxylation sites is 2. The minimum absolute atomic E-state index is 0.125. The van der Waals surface area contributed by atoms with E-state index in [-0.39, 0.29) is 24.1 Å². The third-order valence-electron chi connectivity index (χ3n) is 4.56. The Morgan fingerprint density at radius 1 is 1.18 bits per heavy atom. The molecule has 2 aromatic carbocycles. The highest BCUT2D eigenvalue weighted by Crippen LogP contribution is 2.24. The van der Waals surface area contributed by atoms with Crippen LogP contribution in [0.25, 0.3) is 6.08 Å². The van der Waals surface area contributed by atoms with E-state index in [4.69, 9.17) is 16.3 Å². The minimum Gasteiger partial charge on any atom is -0.495 e. The number of benzene rings is 2. The SMILES string of the molecule is C=CCn1c(CNC(=O)/C=C/c2ccccc2Cl)nnc1SCC(=O)Nc1ccccc1OC. The number of thioether (sulfide) groups is 1. The van der Waals surface area contributed by atoms with Crippen LogP contribution in [0.3, 0.4) is 0 Å². The first-order valence-corrected chi connectivity index (χ1v) is 11.7. The van der Waals surface area contributed by atoms with Gasteiger partial charge in [0.2, 0.25) is 11.8 Å². The molecule has 34 heavy (non-hydrogen) atoms. The van der Waals surface area contributed by atoms with Crippen molar-refractivity contribution in [3.63, 3.8) is 0 Å². The molecule has 0 spiro atoms. The molecule has 176 valence electrons. The number of allylic oxidation sites excluding steroid dienone is 1. The van der Waals surface area contributed by atoms with Gasteiger partial charge in [0, 0.05) is 17.6 Å². The number of hydrogen-bond acceptors (Lipinski definition) is 6. The van der Waals surface area contributed by atoms with Crippen LogP contribution in [0.1, 0.15) is 11.4 Å². The summed E-state index contributed by atoms with van der Waals surface area (Å²) in [4.78, 5) is 24.6. The van der Waals surface area contributed by atoms with Crippen molar-refractivity contribution in [1.29, 1.82) is 0 Å². The van der Waals surface area contributed by atoms with Crippen molar-refractivity contribution < 1.29 is 14.3 Å². The second-order valence-corrected chi connectivity index (χ2v) is 8.26. The first-order valence-electron chi connectivity index (χ1n) is 10.3. The standard InChI is InChI=1S/C24H24ClN5O3S/c1-3-14-30-21(15-26-22(31)13-12-17-8-4-5-9-18(17)25)28-29-24(30)34-16-23(32)27-19-10-6-7-11-20(19)33-2/h3-13H,1,14-16H2,2H3,(H,26,31)(H,27,32)/b13-12+. The van der Waals surface area contributed by atoms with Crippen molar-refractivity contribution >= 4 is 46.9 Å². The molecular weight excluding hydrogens is 474 g/mol. The average molecular weight is 498 g/mol. The van der Waals surface area contributed by atoms with E-state index in [0.29, 0.717) is 34.0 Å². The van der Waals surface area contributed by atoms with Gasteiger partial charge in [-0.25, -0.2) is 0 Å². The third kappa shape index (κ3) is 6.97. The van der Waals surface area contributed by atoms with E-state index in [1.165, 1.54) is 17.8 Å². The molecule has 0 aliphatic heterocycles. The topological polar surface area (TPSA) is 98.1 Å². The molecule has 0 bridgehead atoms. The van der Waals surface area contributed by atoms with E-state index in [1.54, 1.807) is 42.0 Å². The van der Waals surface area contributed by atoms with Gasteiger partial charge in [-0.05, 0) is 29.8 Å². The summed E-state index contributed by atoms with van der Waals surface area (Å²) < 4.78 is 7.05. The molecule has 1 heterocycles. The minimum atomic E-state index is -0.293. The van der Waals surface area contributed by atoms with Crippen LogP contribution in [0.2, 0.25) is 5.02 Å². The van der Waals surface area contributed by atoms with E-state index >= 15 is 0 Å². The Labute approximate surface area is 207 Å². The molecule has 1 aromatic heterocycles. The third-order valence-corrected chi connectivity index (χ3v) is 5.87. The number of hydrogen-bond donors (Lipinski definition) is 2. The summed E-state index contributed by atoms with van der Waals surface area (Å²) in [5, 5.41) is 15.0. The molecule has 0 fully saturated rings. The van der Waals surface area contributed by atoms with Crippen LogP contribution in [-0.2, 0) is 22.7 Å². The first kappa shape index (κ1) is 25.1. The fourth-order valence-electron chi connectivity index (χ4n) is 2.93. The van der Waals surface area contributed by atoms with E-state index in [9.17, 15) is 9.59 Å². The van der Waals surface area contributed by atoms with Gasteiger partial charge >= 0.3 is 0 Å². The zero-order valence-corrected chi connectivity index (χ0v) is 20.1. The molecule has 8 nitrogen and oxygen atoms in total. The number of methoxy groups -OCH3 is 1. The van der Waals surface area contributed by atoms with Crippen molar-refractivity contribution in [2.24, 2.45) is 0 Å². The van der Waals surface area contributed by atoms with Gasteiger partial charge in [-0.3, -0.25) is 9.59 Å². The average Bonchev–Trinajstić information content (AvgIpc) is 3.23. The molecule has 0 atom stereocenters. The fourth-order valence-corrected chi connectivity index (χ4v) is 3.90. The van der Waals surface area contributed by atoms with E-state index in [1.807, 2.05) is 30.3 Å². The number of nitrogens with one attached hydrogen (secondary N) is 2. The fraction of sp³-hybridized carbons (Fsp3) is 0.167. The first-order chi connectivity index (χ1) is 16.5. The van der Waals surface area contributed by atoms with Gasteiger partial charge in [0.1, 0.15) is 5.75 Å². The van der Waals surface area contributed by atoms with Crippen molar-refractivity contribution in [2.45, 2.75) is 18.2 Å². The summed E-state index contributed by atoms with van der Waals surface area (Å²) in [5.74, 6) is 0.755. The second kappa shape index (κ2) is 12.6. The predicted molar refractivity (Wildman–Crippen MR) is 135 cm³/mol. The van der Waals surface area contributed by atoms with Crippen LogP contribution in [0.15, 0.2) is 72.4 Å². The molecule has 0 saturated carbocycles. The van der Waals surface area contributed by atoms with Crippen LogP contribution in [-0.4, -0.2) is 39.4 Å². The van der Waals surface area contributed by atoms with E-state index in [0.717, 1.165) is 5.56 Å². The van der Waals surface area contributed by atoms with E-state index < -0.39 is 0 Å². The highest BCUT2D eigenvalue weighted by Gasteiger charge is 2.15. The quantitative estimate of drug-likeness (QED) is 0.234. The Bertz CT molecular complexity index is 1190. The summed E-state index contributed by atoms with van der Waals surface area (Å²) in [7, 11) is 1.55. The molecule has 2 N–H and O–H groups in total. The normalized spacial score (nSPS) is 10.8. The van der Waals surface area contributed by atoms with Gasteiger partial charge in [0.25, 0.3) is 0 Å². The maximum atomic E-state index is 12.4. The molecule has 3 rings (SSSR count). The van der Waals surface area contributed by atoms with Gasteiger partial charge in [0.05, 0.1) is 25.1 Å². The van der Waals surface area contributed by atoms with Crippen molar-refractivity contribution in [1.82, 2.24) is 20.1 Å². The van der Waals surface area contributed by atoms with Gasteiger partial charge in [-0.1, -0.05) is 59.8 Å².